The second kappa shape index (κ2) is 13.0. The van der Waals surface area contributed by atoms with E-state index in [4.69, 9.17) is 9.15 Å². The molecule has 0 spiro atoms. The molecule has 10 aromatic rings. The van der Waals surface area contributed by atoms with Crippen LogP contribution in [0.2, 0.25) is 0 Å². The Hall–Kier alpha value is -7.42. The zero-order valence-corrected chi connectivity index (χ0v) is 32.8. The molecule has 2 heteroatoms. The van der Waals surface area contributed by atoms with Gasteiger partial charge in [-0.25, -0.2) is 0 Å². The van der Waals surface area contributed by atoms with Gasteiger partial charge in [-0.15, -0.1) is 0 Å². The van der Waals surface area contributed by atoms with Crippen molar-refractivity contribution in [2.75, 3.05) is 0 Å². The quantitative estimate of drug-likeness (QED) is 0.131. The van der Waals surface area contributed by atoms with Crippen molar-refractivity contribution in [3.63, 3.8) is 0 Å². The molecule has 2 aliphatic carbocycles. The summed E-state index contributed by atoms with van der Waals surface area (Å²) < 4.78 is 13.1. The highest BCUT2D eigenvalue weighted by atomic mass is 16.5. The van der Waals surface area contributed by atoms with Crippen LogP contribution in [0.4, 0.5) is 0 Å². The van der Waals surface area contributed by atoms with Gasteiger partial charge in [0.1, 0.15) is 23.0 Å². The van der Waals surface area contributed by atoms with Gasteiger partial charge >= 0.3 is 0 Å². The van der Waals surface area contributed by atoms with Crippen molar-refractivity contribution in [2.45, 2.75) is 12.0 Å². The van der Waals surface area contributed by atoms with Gasteiger partial charge in [-0.05, 0) is 125 Å². The third-order valence-electron chi connectivity index (χ3n) is 13.4. The standard InChI is InChI=1S/C58H38O2/c1-3-17-43-35(11-1)25-29-51-57(43)49-27-23-39(33-53(49)59-51)37-13-9-15-41(31-37)55-45-19-5-7-21-47(45)56(48-22-8-6-20-46(48)55)42-16-10-14-38(32-42)40-24-28-50-54(34-40)60-52-30-26-36-12-2-4-18-44(36)58(50)52/h1-35,43,51,57H. The van der Waals surface area contributed by atoms with Crippen LogP contribution in [0.25, 0.3) is 98.8 Å². The Morgan fingerprint density at radius 1 is 0.383 bits per heavy atom. The molecule has 2 heterocycles. The van der Waals surface area contributed by atoms with Crippen LogP contribution in [0.15, 0.2) is 211 Å². The van der Waals surface area contributed by atoms with Crippen molar-refractivity contribution in [1.29, 1.82) is 0 Å². The molecule has 3 aliphatic rings. The number of rotatable bonds is 4. The molecule has 0 N–H and O–H groups in total. The van der Waals surface area contributed by atoms with Crippen molar-refractivity contribution < 1.29 is 9.15 Å². The first-order chi connectivity index (χ1) is 29.7. The van der Waals surface area contributed by atoms with E-state index in [9.17, 15) is 0 Å². The Bertz CT molecular complexity index is 3450. The van der Waals surface area contributed by atoms with Crippen LogP contribution in [-0.4, -0.2) is 6.10 Å². The monoisotopic (exact) mass is 766 g/mol. The van der Waals surface area contributed by atoms with E-state index in [-0.39, 0.29) is 6.10 Å². The van der Waals surface area contributed by atoms with Gasteiger partial charge < -0.3 is 9.15 Å². The first-order valence-corrected chi connectivity index (χ1v) is 21.1. The number of ether oxygens (including phenoxy) is 1. The van der Waals surface area contributed by atoms with Gasteiger partial charge in [0, 0.05) is 28.2 Å². The van der Waals surface area contributed by atoms with Gasteiger partial charge in [-0.1, -0.05) is 164 Å². The summed E-state index contributed by atoms with van der Waals surface area (Å²) in [7, 11) is 0. The lowest BCUT2D eigenvalue weighted by Gasteiger charge is -2.33. The lowest BCUT2D eigenvalue weighted by Crippen LogP contribution is -2.31. The summed E-state index contributed by atoms with van der Waals surface area (Å²) in [6.45, 7) is 0. The van der Waals surface area contributed by atoms with Gasteiger partial charge in [0.05, 0.1) is 0 Å². The molecular formula is C58H38O2. The van der Waals surface area contributed by atoms with Crippen molar-refractivity contribution in [1.82, 2.24) is 0 Å². The minimum Gasteiger partial charge on any atom is -0.485 e. The topological polar surface area (TPSA) is 22.4 Å². The van der Waals surface area contributed by atoms with Crippen LogP contribution in [0, 0.1) is 11.8 Å². The van der Waals surface area contributed by atoms with Crippen molar-refractivity contribution in [3.8, 4) is 50.3 Å². The van der Waals surface area contributed by atoms with E-state index in [2.05, 4.69) is 206 Å². The van der Waals surface area contributed by atoms with Crippen LogP contribution < -0.4 is 4.74 Å². The van der Waals surface area contributed by atoms with E-state index in [1.165, 1.54) is 76.6 Å². The summed E-state index contributed by atoms with van der Waals surface area (Å²) in [6, 6.07) is 62.2. The summed E-state index contributed by atoms with van der Waals surface area (Å²) in [5.41, 5.74) is 12.7. The molecule has 1 aliphatic heterocycles. The highest BCUT2D eigenvalue weighted by molar-refractivity contribution is 6.22. The minimum absolute atomic E-state index is 0.0808. The lowest BCUT2D eigenvalue weighted by molar-refractivity contribution is 0.213. The first-order valence-electron chi connectivity index (χ1n) is 21.1. The van der Waals surface area contributed by atoms with Crippen LogP contribution in [-0.2, 0) is 0 Å². The molecule has 282 valence electrons. The summed E-state index contributed by atoms with van der Waals surface area (Å²) in [5.74, 6) is 2.22. The third kappa shape index (κ3) is 5.07. The Morgan fingerprint density at radius 3 is 1.70 bits per heavy atom. The fourth-order valence-corrected chi connectivity index (χ4v) is 10.7. The van der Waals surface area contributed by atoms with Crippen molar-refractivity contribution in [2.24, 2.45) is 11.8 Å². The van der Waals surface area contributed by atoms with E-state index in [0.717, 1.165) is 33.4 Å². The molecule has 0 bridgehead atoms. The number of furan rings is 1. The molecule has 13 rings (SSSR count). The Kier molecular flexibility index (Phi) is 7.29. The maximum atomic E-state index is 6.64. The molecule has 60 heavy (non-hydrogen) atoms. The van der Waals surface area contributed by atoms with Gasteiger partial charge in [-0.3, -0.25) is 0 Å². The zero-order valence-electron chi connectivity index (χ0n) is 32.8. The second-order valence-corrected chi connectivity index (χ2v) is 16.6. The summed E-state index contributed by atoms with van der Waals surface area (Å²) in [4.78, 5) is 0. The number of fused-ring (bicyclic) bond motifs is 12. The third-order valence-corrected chi connectivity index (χ3v) is 13.4. The normalized spacial score (nSPS) is 18.9. The average Bonchev–Trinajstić information content (AvgIpc) is 3.89. The number of hydrogen-bond donors (Lipinski definition) is 0. The number of hydrogen-bond acceptors (Lipinski definition) is 2. The lowest BCUT2D eigenvalue weighted by atomic mass is 9.70. The number of allylic oxidation sites excluding steroid dienone is 5. The molecule has 9 aromatic carbocycles. The smallest absolute Gasteiger partial charge is 0.136 e. The largest absolute Gasteiger partial charge is 0.485 e. The van der Waals surface area contributed by atoms with E-state index in [1.807, 2.05) is 0 Å². The van der Waals surface area contributed by atoms with Gasteiger partial charge in [0.25, 0.3) is 0 Å². The predicted molar refractivity (Wildman–Crippen MR) is 250 cm³/mol. The molecule has 0 amide bonds. The second-order valence-electron chi connectivity index (χ2n) is 16.6. The fraction of sp³-hybridized carbons (Fsp3) is 0.0690. The average molecular weight is 767 g/mol. The summed E-state index contributed by atoms with van der Waals surface area (Å²) in [5, 5.41) is 9.71. The van der Waals surface area contributed by atoms with Crippen LogP contribution >= 0.6 is 0 Å². The summed E-state index contributed by atoms with van der Waals surface area (Å²) >= 11 is 0. The van der Waals surface area contributed by atoms with Gasteiger partial charge in [0.15, 0.2) is 0 Å². The van der Waals surface area contributed by atoms with E-state index < -0.39 is 0 Å². The van der Waals surface area contributed by atoms with E-state index in [0.29, 0.717) is 17.8 Å². The molecule has 1 aromatic heterocycles. The highest BCUT2D eigenvalue weighted by Crippen LogP contribution is 2.51. The summed E-state index contributed by atoms with van der Waals surface area (Å²) in [6.07, 6.45) is 13.7. The molecule has 2 nitrogen and oxygen atoms in total. The van der Waals surface area contributed by atoms with Gasteiger partial charge in [0.2, 0.25) is 0 Å². The fourth-order valence-electron chi connectivity index (χ4n) is 10.7. The molecule has 0 saturated carbocycles. The Balaban J connectivity index is 0.912. The van der Waals surface area contributed by atoms with E-state index >= 15 is 0 Å². The number of benzene rings is 9. The molecule has 4 atom stereocenters. The molecule has 0 radical (unpaired) electrons. The minimum atomic E-state index is 0.0808. The first kappa shape index (κ1) is 33.5. The van der Waals surface area contributed by atoms with Crippen LogP contribution in [0.3, 0.4) is 0 Å². The molecule has 4 unspecified atom stereocenters. The molecular weight excluding hydrogens is 729 g/mol. The van der Waals surface area contributed by atoms with Gasteiger partial charge in [-0.2, -0.15) is 0 Å². The SMILES string of the molecule is C1=CC2C=CC3Oc4cc(-c5cccc(-c6c7ccccc7c(-c7cccc(-c8ccc9c(c8)oc8ccc%10ccccc%10c89)c7)c7ccccc67)c5)ccc4C3C2C=C1. The van der Waals surface area contributed by atoms with Crippen LogP contribution in [0.1, 0.15) is 11.5 Å². The van der Waals surface area contributed by atoms with Crippen molar-refractivity contribution in [3.05, 3.63) is 212 Å². The molecule has 0 fully saturated rings. The zero-order chi connectivity index (χ0) is 39.3. The predicted octanol–water partition coefficient (Wildman–Crippen LogP) is 15.5. The maximum absolute atomic E-state index is 6.64. The van der Waals surface area contributed by atoms with Crippen LogP contribution in [0.5, 0.6) is 5.75 Å². The highest BCUT2D eigenvalue weighted by Gasteiger charge is 2.42. The van der Waals surface area contributed by atoms with Crippen molar-refractivity contribution >= 4 is 54.3 Å². The van der Waals surface area contributed by atoms with E-state index in [1.54, 1.807) is 0 Å². The maximum Gasteiger partial charge on any atom is 0.136 e. The Morgan fingerprint density at radius 2 is 0.983 bits per heavy atom. The Labute approximate surface area is 348 Å². The molecule has 0 saturated heterocycles.